The van der Waals surface area contributed by atoms with Crippen LogP contribution in [-0.4, -0.2) is 32.2 Å². The fourth-order valence-electron chi connectivity index (χ4n) is 2.53. The number of methoxy groups -OCH3 is 3. The van der Waals surface area contributed by atoms with Gasteiger partial charge in [-0.3, -0.25) is 4.79 Å². The molecule has 3 N–H and O–H groups in total. The Kier molecular flexibility index (Phi) is 5.46. The van der Waals surface area contributed by atoms with Crippen LogP contribution in [0.2, 0.25) is 0 Å². The molecule has 0 unspecified atom stereocenters. The van der Waals surface area contributed by atoms with Crippen LogP contribution in [-0.2, 0) is 0 Å². The van der Waals surface area contributed by atoms with Crippen LogP contribution in [0.5, 0.6) is 17.2 Å². The summed E-state index contributed by atoms with van der Waals surface area (Å²) >= 11 is 1.28. The first-order valence-electron chi connectivity index (χ1n) is 7.98. The summed E-state index contributed by atoms with van der Waals surface area (Å²) in [5.41, 5.74) is 7.84. The molecule has 0 radical (unpaired) electrons. The van der Waals surface area contributed by atoms with E-state index in [2.05, 4.69) is 10.3 Å². The minimum atomic E-state index is -0.281. The SMILES string of the molecule is COc1cc(NC(=O)c2cnc(-c3cccc(N)c3)s2)cc(OC)c1OC. The van der Waals surface area contributed by atoms with Gasteiger partial charge in [0.1, 0.15) is 9.88 Å². The molecule has 140 valence electrons. The van der Waals surface area contributed by atoms with E-state index in [1.54, 1.807) is 18.2 Å². The summed E-state index contributed by atoms with van der Waals surface area (Å²) in [6.07, 6.45) is 1.54. The van der Waals surface area contributed by atoms with Gasteiger partial charge in [0, 0.05) is 29.1 Å². The lowest BCUT2D eigenvalue weighted by molar-refractivity contribution is 0.103. The Hall–Kier alpha value is -3.26. The number of anilines is 2. The van der Waals surface area contributed by atoms with Gasteiger partial charge in [0.2, 0.25) is 5.75 Å². The third kappa shape index (κ3) is 3.95. The Labute approximate surface area is 160 Å². The van der Waals surface area contributed by atoms with E-state index in [0.29, 0.717) is 33.5 Å². The quantitative estimate of drug-likeness (QED) is 0.629. The summed E-state index contributed by atoms with van der Waals surface area (Å²) in [5.74, 6) is 1.09. The van der Waals surface area contributed by atoms with Gasteiger partial charge in [-0.2, -0.15) is 0 Å². The predicted molar refractivity (Wildman–Crippen MR) is 106 cm³/mol. The summed E-state index contributed by atoms with van der Waals surface area (Å²) in [7, 11) is 4.56. The van der Waals surface area contributed by atoms with Crippen molar-refractivity contribution in [1.82, 2.24) is 4.98 Å². The first kappa shape index (κ1) is 18.5. The summed E-state index contributed by atoms with van der Waals surface area (Å²) in [5, 5.41) is 3.55. The minimum absolute atomic E-state index is 0.281. The molecule has 2 aromatic carbocycles. The molecule has 3 aromatic rings. The molecule has 0 fully saturated rings. The van der Waals surface area contributed by atoms with Crippen LogP contribution < -0.4 is 25.3 Å². The van der Waals surface area contributed by atoms with Gasteiger partial charge in [-0.25, -0.2) is 4.98 Å². The van der Waals surface area contributed by atoms with E-state index in [9.17, 15) is 4.79 Å². The number of benzene rings is 2. The smallest absolute Gasteiger partial charge is 0.267 e. The highest BCUT2D eigenvalue weighted by Gasteiger charge is 2.17. The molecule has 0 saturated carbocycles. The van der Waals surface area contributed by atoms with Crippen LogP contribution in [0.4, 0.5) is 11.4 Å². The van der Waals surface area contributed by atoms with Gasteiger partial charge in [-0.05, 0) is 12.1 Å². The predicted octanol–water partition coefficient (Wildman–Crippen LogP) is 3.67. The van der Waals surface area contributed by atoms with Gasteiger partial charge in [0.25, 0.3) is 5.91 Å². The number of thiazole rings is 1. The minimum Gasteiger partial charge on any atom is -0.493 e. The number of hydrogen-bond acceptors (Lipinski definition) is 7. The number of amides is 1. The lowest BCUT2D eigenvalue weighted by Gasteiger charge is -2.14. The largest absolute Gasteiger partial charge is 0.493 e. The number of nitrogen functional groups attached to an aromatic ring is 1. The Morgan fingerprint density at radius 3 is 2.37 bits per heavy atom. The third-order valence-corrected chi connectivity index (χ3v) is 4.83. The molecule has 0 aliphatic rings. The van der Waals surface area contributed by atoms with Crippen molar-refractivity contribution in [1.29, 1.82) is 0 Å². The summed E-state index contributed by atoms with van der Waals surface area (Å²) in [6.45, 7) is 0. The van der Waals surface area contributed by atoms with Crippen molar-refractivity contribution < 1.29 is 19.0 Å². The van der Waals surface area contributed by atoms with Crippen molar-refractivity contribution in [3.63, 3.8) is 0 Å². The molecule has 0 aliphatic heterocycles. The van der Waals surface area contributed by atoms with Crippen LogP contribution in [0.15, 0.2) is 42.6 Å². The molecule has 3 rings (SSSR count). The van der Waals surface area contributed by atoms with E-state index in [1.165, 1.54) is 38.9 Å². The number of carbonyl (C=O) groups is 1. The van der Waals surface area contributed by atoms with Crippen LogP contribution in [0.25, 0.3) is 10.6 Å². The molecule has 1 aromatic heterocycles. The molecule has 0 atom stereocenters. The standard InChI is InChI=1S/C19H19N3O4S/c1-24-14-8-13(9-15(25-2)17(14)26-3)22-18(23)16-10-21-19(27-16)11-5-4-6-12(20)7-11/h4-10H,20H2,1-3H3,(H,22,23). The summed E-state index contributed by atoms with van der Waals surface area (Å²) in [6, 6.07) is 10.7. The number of ether oxygens (including phenoxy) is 3. The fraction of sp³-hybridized carbons (Fsp3) is 0.158. The third-order valence-electron chi connectivity index (χ3n) is 3.79. The number of nitrogens with two attached hydrogens (primary N) is 1. The number of nitrogens with one attached hydrogen (secondary N) is 1. The van der Waals surface area contributed by atoms with Crippen molar-refractivity contribution >= 4 is 28.6 Å². The molecular weight excluding hydrogens is 366 g/mol. The maximum Gasteiger partial charge on any atom is 0.267 e. The van der Waals surface area contributed by atoms with Crippen LogP contribution >= 0.6 is 11.3 Å². The maximum atomic E-state index is 12.6. The van der Waals surface area contributed by atoms with Gasteiger partial charge in [-0.15, -0.1) is 11.3 Å². The highest BCUT2D eigenvalue weighted by atomic mass is 32.1. The zero-order valence-corrected chi connectivity index (χ0v) is 15.9. The zero-order chi connectivity index (χ0) is 19.4. The highest BCUT2D eigenvalue weighted by molar-refractivity contribution is 7.17. The van der Waals surface area contributed by atoms with Crippen molar-refractivity contribution in [3.05, 3.63) is 47.5 Å². The van der Waals surface area contributed by atoms with Crippen LogP contribution in [0.3, 0.4) is 0 Å². The Morgan fingerprint density at radius 2 is 1.78 bits per heavy atom. The fourth-order valence-corrected chi connectivity index (χ4v) is 3.34. The normalized spacial score (nSPS) is 10.3. The summed E-state index contributed by atoms with van der Waals surface area (Å²) in [4.78, 5) is 17.4. The number of hydrogen-bond donors (Lipinski definition) is 2. The van der Waals surface area contributed by atoms with Crippen molar-refractivity contribution in [3.8, 4) is 27.8 Å². The second-order valence-corrected chi connectivity index (χ2v) is 6.55. The van der Waals surface area contributed by atoms with E-state index < -0.39 is 0 Å². The molecule has 0 bridgehead atoms. The molecule has 1 amide bonds. The lowest BCUT2D eigenvalue weighted by Crippen LogP contribution is -2.10. The second-order valence-electron chi connectivity index (χ2n) is 5.52. The van der Waals surface area contributed by atoms with Crippen LogP contribution in [0.1, 0.15) is 9.67 Å². The average Bonchev–Trinajstić information content (AvgIpc) is 3.17. The number of nitrogens with zero attached hydrogens (tertiary/aromatic N) is 1. The average molecular weight is 385 g/mol. The molecular formula is C19H19N3O4S. The van der Waals surface area contributed by atoms with Gasteiger partial charge in [0.15, 0.2) is 11.5 Å². The topological polar surface area (TPSA) is 95.7 Å². The zero-order valence-electron chi connectivity index (χ0n) is 15.1. The van der Waals surface area contributed by atoms with E-state index >= 15 is 0 Å². The van der Waals surface area contributed by atoms with E-state index in [0.717, 1.165) is 10.6 Å². The highest BCUT2D eigenvalue weighted by Crippen LogP contribution is 2.40. The van der Waals surface area contributed by atoms with Gasteiger partial charge < -0.3 is 25.3 Å². The van der Waals surface area contributed by atoms with Gasteiger partial charge in [0.05, 0.1) is 27.5 Å². The van der Waals surface area contributed by atoms with E-state index in [4.69, 9.17) is 19.9 Å². The summed E-state index contributed by atoms with van der Waals surface area (Å²) < 4.78 is 15.9. The molecule has 0 spiro atoms. The first-order chi connectivity index (χ1) is 13.0. The van der Waals surface area contributed by atoms with Crippen molar-refractivity contribution in [2.24, 2.45) is 0 Å². The van der Waals surface area contributed by atoms with Crippen molar-refractivity contribution in [2.45, 2.75) is 0 Å². The molecule has 27 heavy (non-hydrogen) atoms. The molecule has 0 aliphatic carbocycles. The Bertz CT molecular complexity index is 946. The van der Waals surface area contributed by atoms with E-state index in [-0.39, 0.29) is 5.91 Å². The molecule has 0 saturated heterocycles. The van der Waals surface area contributed by atoms with Crippen molar-refractivity contribution in [2.75, 3.05) is 32.4 Å². The number of aromatic nitrogens is 1. The van der Waals surface area contributed by atoms with Gasteiger partial charge in [-0.1, -0.05) is 12.1 Å². The van der Waals surface area contributed by atoms with Crippen LogP contribution in [0, 0.1) is 0 Å². The first-order valence-corrected chi connectivity index (χ1v) is 8.80. The Balaban J connectivity index is 1.84. The number of carbonyl (C=O) groups excluding carboxylic acids is 1. The number of rotatable bonds is 6. The monoisotopic (exact) mass is 385 g/mol. The Morgan fingerprint density at radius 1 is 1.07 bits per heavy atom. The molecule has 7 nitrogen and oxygen atoms in total. The van der Waals surface area contributed by atoms with E-state index in [1.807, 2.05) is 18.2 Å². The molecule has 8 heteroatoms. The lowest BCUT2D eigenvalue weighted by atomic mass is 10.2. The second kappa shape index (κ2) is 7.96. The van der Waals surface area contributed by atoms with Gasteiger partial charge >= 0.3 is 0 Å². The maximum absolute atomic E-state index is 12.6. The molecule has 1 heterocycles.